The van der Waals surface area contributed by atoms with Crippen LogP contribution in [-0.4, -0.2) is 105 Å². The molecule has 3 fully saturated rings. The van der Waals surface area contributed by atoms with Gasteiger partial charge >= 0.3 is 0 Å². The zero-order valence-electron chi connectivity index (χ0n) is 32.9. The third-order valence-corrected chi connectivity index (χ3v) is 12.7. The van der Waals surface area contributed by atoms with Gasteiger partial charge in [-0.15, -0.1) is 11.3 Å². The van der Waals surface area contributed by atoms with E-state index in [1.165, 1.54) is 35.5 Å². The van der Waals surface area contributed by atoms with Crippen LogP contribution in [0.2, 0.25) is 0 Å². The summed E-state index contributed by atoms with van der Waals surface area (Å²) in [5.74, 6) is 0.529. The van der Waals surface area contributed by atoms with Gasteiger partial charge in [-0.3, -0.25) is 14.9 Å². The summed E-state index contributed by atoms with van der Waals surface area (Å²) in [5.41, 5.74) is 11.4. The minimum atomic E-state index is -0.558. The van der Waals surface area contributed by atoms with Gasteiger partial charge in [0.25, 0.3) is 0 Å². The Morgan fingerprint density at radius 3 is 2.47 bits per heavy atom. The summed E-state index contributed by atoms with van der Waals surface area (Å²) in [4.78, 5) is 43.1. The number of amides is 2. The molecule has 0 aliphatic carbocycles. The highest BCUT2D eigenvalue weighted by Gasteiger charge is 2.27. The van der Waals surface area contributed by atoms with Crippen LogP contribution in [0.4, 0.5) is 21.6 Å². The molecule has 3 aliphatic heterocycles. The number of aryl methyl sites for hydroxylation is 1. The van der Waals surface area contributed by atoms with Crippen LogP contribution in [0.15, 0.2) is 67.1 Å². The highest BCUT2D eigenvalue weighted by Crippen LogP contribution is 2.36. The number of ether oxygens (including phenoxy) is 1. The molecule has 5 aromatic rings. The molecule has 16 heteroatoms. The number of nitrogens with one attached hydrogen (secondary N) is 2. The summed E-state index contributed by atoms with van der Waals surface area (Å²) in [7, 11) is 0. The first kappa shape index (κ1) is 39.4. The van der Waals surface area contributed by atoms with Crippen LogP contribution >= 0.6 is 11.3 Å². The zero-order valence-corrected chi connectivity index (χ0v) is 33.8. The fourth-order valence-electron chi connectivity index (χ4n) is 8.12. The Morgan fingerprint density at radius 2 is 1.72 bits per heavy atom. The Hall–Kier alpha value is -5.45. The summed E-state index contributed by atoms with van der Waals surface area (Å²) >= 11 is 1.68. The number of piperidine rings is 2. The van der Waals surface area contributed by atoms with Crippen molar-refractivity contribution in [1.82, 2.24) is 40.1 Å². The molecule has 0 radical (unpaired) electrons. The van der Waals surface area contributed by atoms with Gasteiger partial charge in [0.2, 0.25) is 11.8 Å². The van der Waals surface area contributed by atoms with Crippen LogP contribution in [0.5, 0.6) is 5.75 Å². The van der Waals surface area contributed by atoms with E-state index in [1.54, 1.807) is 36.0 Å². The van der Waals surface area contributed by atoms with Crippen molar-refractivity contribution in [3.8, 4) is 21.9 Å². The Bertz CT molecular complexity index is 2200. The lowest BCUT2D eigenvalue weighted by molar-refractivity contribution is -0.133. The number of pyridine rings is 1. The Morgan fingerprint density at radius 1 is 0.983 bits per heavy atom. The number of carbonyl (C=O) groups is 2. The van der Waals surface area contributed by atoms with E-state index in [-0.39, 0.29) is 29.5 Å². The second-order valence-electron chi connectivity index (χ2n) is 15.4. The SMILES string of the molecule is Cc1nc(CCN2CCN(CC3CCN(c4ccc(NC5CCC(=O)NC5=O)cc4)CC3)CC2)sc1-c1cnc(N)c(O[C@H](C)c2cc(F)ccc2-n2nccn2)c1. The molecule has 3 aliphatic rings. The highest BCUT2D eigenvalue weighted by molar-refractivity contribution is 7.15. The Balaban J connectivity index is 0.783. The first-order chi connectivity index (χ1) is 28.1. The maximum Gasteiger partial charge on any atom is 0.249 e. The van der Waals surface area contributed by atoms with E-state index in [1.807, 2.05) is 32.0 Å². The molecule has 3 aromatic heterocycles. The maximum atomic E-state index is 14.3. The standard InChI is InChI=1S/C42H50FN11O3S/c1-27-40(30-23-37(41(44)45-25-30)57-28(2)34-24-31(43)3-9-36(34)54-46-14-15-47-54)58-39(48-27)13-16-51-19-21-52(22-20-51)26-29-11-17-53(18-12-29)33-6-4-32(5-7-33)49-35-8-10-38(55)50-42(35)56/h3-7,9,14-15,23-25,28-29,35,49H,8,10-13,16-22,26H2,1-2H3,(H2,44,45)(H,50,55,56)/t28-,35?/m1/s1. The summed E-state index contributed by atoms with van der Waals surface area (Å²) in [5, 5.41) is 15.2. The van der Waals surface area contributed by atoms with Gasteiger partial charge in [0.1, 0.15) is 18.0 Å². The largest absolute Gasteiger partial charge is 0.482 e. The van der Waals surface area contributed by atoms with E-state index < -0.39 is 6.10 Å². The minimum Gasteiger partial charge on any atom is -0.482 e. The lowest BCUT2D eigenvalue weighted by Gasteiger charge is -2.39. The van der Waals surface area contributed by atoms with Gasteiger partial charge < -0.3 is 30.5 Å². The van der Waals surface area contributed by atoms with Crippen LogP contribution in [0.3, 0.4) is 0 Å². The van der Waals surface area contributed by atoms with Gasteiger partial charge in [-0.2, -0.15) is 15.0 Å². The van der Waals surface area contributed by atoms with Gasteiger partial charge in [0.05, 0.1) is 33.7 Å². The van der Waals surface area contributed by atoms with Crippen molar-refractivity contribution in [3.05, 3.63) is 89.2 Å². The van der Waals surface area contributed by atoms with Crippen molar-refractivity contribution in [2.24, 2.45) is 5.92 Å². The Labute approximate surface area is 341 Å². The summed E-state index contributed by atoms with van der Waals surface area (Å²) in [6.45, 7) is 12.3. The van der Waals surface area contributed by atoms with Gasteiger partial charge in [0, 0.05) is 93.9 Å². The average Bonchev–Trinajstić information content (AvgIpc) is 3.90. The van der Waals surface area contributed by atoms with E-state index in [0.29, 0.717) is 35.8 Å². The van der Waals surface area contributed by atoms with Crippen molar-refractivity contribution in [3.63, 3.8) is 0 Å². The summed E-state index contributed by atoms with van der Waals surface area (Å²) in [6, 6.07) is 14.3. The van der Waals surface area contributed by atoms with Crippen LogP contribution < -0.4 is 26.0 Å². The second-order valence-corrected chi connectivity index (χ2v) is 16.5. The average molecular weight is 808 g/mol. The number of hydrogen-bond acceptors (Lipinski definition) is 13. The molecule has 58 heavy (non-hydrogen) atoms. The number of thiazole rings is 1. The third kappa shape index (κ3) is 9.30. The number of nitrogen functional groups attached to an aromatic ring is 1. The molecule has 3 saturated heterocycles. The van der Waals surface area contributed by atoms with Gasteiger partial charge in [-0.05, 0) is 87.6 Å². The number of nitrogens with zero attached hydrogens (tertiary/aromatic N) is 8. The van der Waals surface area contributed by atoms with Crippen molar-refractivity contribution in [2.75, 3.05) is 68.3 Å². The normalized spacial score (nSPS) is 18.9. The van der Waals surface area contributed by atoms with Crippen LogP contribution in [-0.2, 0) is 16.0 Å². The number of imide groups is 1. The predicted molar refractivity (Wildman–Crippen MR) is 223 cm³/mol. The van der Waals surface area contributed by atoms with E-state index in [2.05, 4.69) is 52.6 Å². The second kappa shape index (κ2) is 17.6. The summed E-state index contributed by atoms with van der Waals surface area (Å²) < 4.78 is 20.6. The van der Waals surface area contributed by atoms with Gasteiger partial charge in [-0.1, -0.05) is 0 Å². The number of hydrogen-bond donors (Lipinski definition) is 3. The number of anilines is 3. The monoisotopic (exact) mass is 807 g/mol. The molecular formula is C42H50FN11O3S. The molecule has 304 valence electrons. The summed E-state index contributed by atoms with van der Waals surface area (Å²) in [6.07, 6.45) is 8.45. The molecule has 2 aromatic carbocycles. The molecule has 1 unspecified atom stereocenters. The third-order valence-electron chi connectivity index (χ3n) is 11.4. The first-order valence-electron chi connectivity index (χ1n) is 20.1. The predicted octanol–water partition coefficient (Wildman–Crippen LogP) is 5.25. The van der Waals surface area contributed by atoms with E-state index in [9.17, 15) is 14.0 Å². The van der Waals surface area contributed by atoms with Crippen LogP contribution in [0, 0.1) is 18.7 Å². The fourth-order valence-corrected chi connectivity index (χ4v) is 9.15. The lowest BCUT2D eigenvalue weighted by atomic mass is 9.95. The molecule has 4 N–H and O–H groups in total. The molecule has 0 saturated carbocycles. The van der Waals surface area contributed by atoms with Gasteiger partial charge in [-0.25, -0.2) is 14.4 Å². The van der Waals surface area contributed by atoms with Crippen molar-refractivity contribution in [1.29, 1.82) is 0 Å². The molecule has 0 spiro atoms. The molecule has 2 amide bonds. The molecule has 2 atom stereocenters. The van der Waals surface area contributed by atoms with Crippen molar-refractivity contribution >= 4 is 40.3 Å². The molecule has 6 heterocycles. The number of piperazine rings is 1. The topological polar surface area (TPSA) is 160 Å². The number of aromatic nitrogens is 5. The molecule has 14 nitrogen and oxygen atoms in total. The smallest absolute Gasteiger partial charge is 0.249 e. The van der Waals surface area contributed by atoms with Crippen LogP contribution in [0.25, 0.3) is 16.1 Å². The number of halogens is 1. The highest BCUT2D eigenvalue weighted by atomic mass is 32.1. The number of rotatable bonds is 13. The Kier molecular flexibility index (Phi) is 11.9. The van der Waals surface area contributed by atoms with Gasteiger partial charge in [0.15, 0.2) is 11.6 Å². The van der Waals surface area contributed by atoms with Crippen molar-refractivity contribution in [2.45, 2.75) is 58.1 Å². The van der Waals surface area contributed by atoms with E-state index in [4.69, 9.17) is 15.5 Å². The lowest BCUT2D eigenvalue weighted by Crippen LogP contribution is -2.49. The quantitative estimate of drug-likeness (QED) is 0.133. The molecule has 8 rings (SSSR count). The number of benzene rings is 2. The number of nitrogens with two attached hydrogens (primary N) is 1. The molecule has 0 bridgehead atoms. The van der Waals surface area contributed by atoms with E-state index >= 15 is 0 Å². The minimum absolute atomic E-state index is 0.202. The van der Waals surface area contributed by atoms with E-state index in [0.717, 1.165) is 85.6 Å². The van der Waals surface area contributed by atoms with Crippen LogP contribution in [0.1, 0.15) is 55.0 Å². The maximum absolute atomic E-state index is 14.3. The van der Waals surface area contributed by atoms with Crippen molar-refractivity contribution < 1.29 is 18.7 Å². The fraction of sp³-hybridized carbons (Fsp3) is 0.429. The zero-order chi connectivity index (χ0) is 40.2. The first-order valence-corrected chi connectivity index (χ1v) is 20.9. The molecular weight excluding hydrogens is 758 g/mol. The number of carbonyl (C=O) groups excluding carboxylic acids is 2.